The Morgan fingerprint density at radius 2 is 1.76 bits per heavy atom. The van der Waals surface area contributed by atoms with Gasteiger partial charge in [0.05, 0.1) is 7.11 Å². The summed E-state index contributed by atoms with van der Waals surface area (Å²) in [5.41, 5.74) is 0.477. The lowest BCUT2D eigenvalue weighted by molar-refractivity contribution is -0.144. The summed E-state index contributed by atoms with van der Waals surface area (Å²) >= 11 is 0. The molecule has 6 nitrogen and oxygen atoms in total. The Morgan fingerprint density at radius 3 is 2.29 bits per heavy atom. The van der Waals surface area contributed by atoms with Crippen LogP contribution in [0.15, 0.2) is 30.3 Å². The molecule has 2 amide bonds. The number of hydrogen-bond acceptors (Lipinski definition) is 4. The monoisotopic (exact) mass is 292 g/mol. The van der Waals surface area contributed by atoms with Gasteiger partial charge in [0.1, 0.15) is 12.1 Å². The van der Waals surface area contributed by atoms with Crippen molar-refractivity contribution in [2.45, 2.75) is 32.4 Å². The molecule has 0 heterocycles. The zero-order chi connectivity index (χ0) is 15.8. The van der Waals surface area contributed by atoms with E-state index in [1.165, 1.54) is 14.0 Å². The summed E-state index contributed by atoms with van der Waals surface area (Å²) in [5.74, 6) is -1.28. The van der Waals surface area contributed by atoms with Gasteiger partial charge in [-0.15, -0.1) is 0 Å². The van der Waals surface area contributed by atoms with Crippen LogP contribution in [0.25, 0.3) is 0 Å². The van der Waals surface area contributed by atoms with Gasteiger partial charge in [-0.3, -0.25) is 9.59 Å². The third-order valence-electron chi connectivity index (χ3n) is 2.98. The molecule has 0 aliphatic carbocycles. The average molecular weight is 292 g/mol. The van der Waals surface area contributed by atoms with Gasteiger partial charge in [-0.25, -0.2) is 4.79 Å². The maximum atomic E-state index is 12.0. The second-order valence-electron chi connectivity index (χ2n) is 4.55. The molecule has 0 spiro atoms. The fourth-order valence-corrected chi connectivity index (χ4v) is 1.73. The number of rotatable bonds is 6. The van der Waals surface area contributed by atoms with Crippen LogP contribution in [0.3, 0.4) is 0 Å². The number of esters is 1. The third kappa shape index (κ3) is 4.91. The molecule has 0 saturated heterocycles. The number of ether oxygens (including phenoxy) is 1. The topological polar surface area (TPSA) is 84.5 Å². The minimum absolute atomic E-state index is 0.330. The van der Waals surface area contributed by atoms with Crippen LogP contribution in [0.5, 0.6) is 0 Å². The van der Waals surface area contributed by atoms with Crippen molar-refractivity contribution in [2.24, 2.45) is 0 Å². The van der Waals surface area contributed by atoms with Gasteiger partial charge in [0.15, 0.2) is 0 Å². The molecule has 0 aliphatic rings. The number of benzene rings is 1. The summed E-state index contributed by atoms with van der Waals surface area (Å²) in [7, 11) is 1.25. The fourth-order valence-electron chi connectivity index (χ4n) is 1.73. The molecule has 114 valence electrons. The Bertz CT molecular complexity index is 502. The zero-order valence-corrected chi connectivity index (χ0v) is 12.4. The van der Waals surface area contributed by atoms with E-state index in [2.05, 4.69) is 15.4 Å². The highest BCUT2D eigenvalue weighted by Gasteiger charge is 2.23. The van der Waals surface area contributed by atoms with E-state index < -0.39 is 24.0 Å². The maximum absolute atomic E-state index is 12.0. The Kier molecular flexibility index (Phi) is 6.39. The first-order valence-corrected chi connectivity index (χ1v) is 6.73. The van der Waals surface area contributed by atoms with Gasteiger partial charge in [-0.05, 0) is 25.5 Å². The van der Waals surface area contributed by atoms with Crippen LogP contribution in [0.2, 0.25) is 0 Å². The van der Waals surface area contributed by atoms with Crippen LogP contribution in [0.1, 0.15) is 30.6 Å². The number of nitrogens with one attached hydrogen (secondary N) is 2. The van der Waals surface area contributed by atoms with Gasteiger partial charge in [0, 0.05) is 5.56 Å². The first kappa shape index (κ1) is 16.7. The molecule has 1 aromatic rings. The maximum Gasteiger partial charge on any atom is 0.328 e. The smallest absolute Gasteiger partial charge is 0.328 e. The molecule has 0 fully saturated rings. The molecule has 1 rings (SSSR count). The van der Waals surface area contributed by atoms with Gasteiger partial charge in [0.25, 0.3) is 5.91 Å². The van der Waals surface area contributed by atoms with E-state index in [0.29, 0.717) is 12.0 Å². The second kappa shape index (κ2) is 8.04. The van der Waals surface area contributed by atoms with Gasteiger partial charge >= 0.3 is 5.97 Å². The molecule has 21 heavy (non-hydrogen) atoms. The lowest BCUT2D eigenvalue weighted by Gasteiger charge is -2.19. The Morgan fingerprint density at radius 1 is 1.14 bits per heavy atom. The van der Waals surface area contributed by atoms with Crippen molar-refractivity contribution < 1.29 is 19.1 Å². The quantitative estimate of drug-likeness (QED) is 0.762. The van der Waals surface area contributed by atoms with Crippen molar-refractivity contribution in [3.8, 4) is 0 Å². The van der Waals surface area contributed by atoms with E-state index in [9.17, 15) is 14.4 Å². The highest BCUT2D eigenvalue weighted by molar-refractivity contribution is 5.98. The standard InChI is InChI=1S/C15H20N2O4/c1-4-12(14(19)16-10(2)15(20)21-3)17-13(18)11-8-6-5-7-9-11/h5-10,12H,4H2,1-3H3,(H,16,19)(H,17,18). The van der Waals surface area contributed by atoms with E-state index in [0.717, 1.165) is 0 Å². The number of amides is 2. The van der Waals surface area contributed by atoms with E-state index in [1.807, 2.05) is 0 Å². The molecule has 0 saturated carbocycles. The Hall–Kier alpha value is -2.37. The summed E-state index contributed by atoms with van der Waals surface area (Å²) in [4.78, 5) is 35.3. The summed E-state index contributed by atoms with van der Waals surface area (Å²) in [6.45, 7) is 3.30. The van der Waals surface area contributed by atoms with Crippen molar-refractivity contribution in [3.05, 3.63) is 35.9 Å². The molecule has 0 aromatic heterocycles. The van der Waals surface area contributed by atoms with Crippen molar-refractivity contribution in [2.75, 3.05) is 7.11 Å². The van der Waals surface area contributed by atoms with E-state index in [4.69, 9.17) is 0 Å². The molecule has 2 unspecified atom stereocenters. The van der Waals surface area contributed by atoms with Crippen LogP contribution in [-0.4, -0.2) is 37.0 Å². The fraction of sp³-hybridized carbons (Fsp3) is 0.400. The van der Waals surface area contributed by atoms with E-state index in [-0.39, 0.29) is 5.91 Å². The molecule has 0 radical (unpaired) electrons. The average Bonchev–Trinajstić information content (AvgIpc) is 2.51. The highest BCUT2D eigenvalue weighted by Crippen LogP contribution is 2.01. The predicted octanol–water partition coefficient (Wildman–Crippen LogP) is 0.873. The number of hydrogen-bond donors (Lipinski definition) is 2. The Labute approximate surface area is 123 Å². The zero-order valence-electron chi connectivity index (χ0n) is 12.4. The highest BCUT2D eigenvalue weighted by atomic mass is 16.5. The molecule has 0 bridgehead atoms. The minimum atomic E-state index is -0.759. The second-order valence-corrected chi connectivity index (χ2v) is 4.55. The van der Waals surface area contributed by atoms with Crippen LogP contribution < -0.4 is 10.6 Å². The van der Waals surface area contributed by atoms with Crippen LogP contribution in [0.4, 0.5) is 0 Å². The summed E-state index contributed by atoms with van der Waals surface area (Å²) in [6, 6.07) is 7.16. The van der Waals surface area contributed by atoms with Crippen LogP contribution in [0, 0.1) is 0 Å². The molecule has 2 N–H and O–H groups in total. The molecular formula is C15H20N2O4. The van der Waals surface area contributed by atoms with E-state index >= 15 is 0 Å². The first-order valence-electron chi connectivity index (χ1n) is 6.73. The Balaban J connectivity index is 2.64. The SMILES string of the molecule is CCC(NC(=O)c1ccccc1)C(=O)NC(C)C(=O)OC. The lowest BCUT2D eigenvalue weighted by Crippen LogP contribution is -2.50. The first-order chi connectivity index (χ1) is 9.99. The van der Waals surface area contributed by atoms with Gasteiger partial charge < -0.3 is 15.4 Å². The molecule has 1 aromatic carbocycles. The van der Waals surface area contributed by atoms with Crippen molar-refractivity contribution in [3.63, 3.8) is 0 Å². The van der Waals surface area contributed by atoms with Gasteiger partial charge in [0.2, 0.25) is 5.91 Å². The molecular weight excluding hydrogens is 272 g/mol. The molecule has 6 heteroatoms. The third-order valence-corrected chi connectivity index (χ3v) is 2.98. The number of carbonyl (C=O) groups excluding carboxylic acids is 3. The summed E-state index contributed by atoms with van der Waals surface area (Å²) in [6.07, 6.45) is 0.415. The minimum Gasteiger partial charge on any atom is -0.467 e. The normalized spacial score (nSPS) is 12.9. The van der Waals surface area contributed by atoms with Crippen LogP contribution in [-0.2, 0) is 14.3 Å². The largest absolute Gasteiger partial charge is 0.467 e. The van der Waals surface area contributed by atoms with Crippen molar-refractivity contribution in [1.82, 2.24) is 10.6 Å². The number of carbonyl (C=O) groups is 3. The summed E-state index contributed by atoms with van der Waals surface area (Å²) in [5, 5.41) is 5.15. The lowest BCUT2D eigenvalue weighted by atomic mass is 10.1. The van der Waals surface area contributed by atoms with Gasteiger partial charge in [-0.1, -0.05) is 25.1 Å². The number of methoxy groups -OCH3 is 1. The van der Waals surface area contributed by atoms with Crippen LogP contribution >= 0.6 is 0 Å². The molecule has 2 atom stereocenters. The summed E-state index contributed by atoms with van der Waals surface area (Å²) < 4.78 is 4.54. The van der Waals surface area contributed by atoms with Gasteiger partial charge in [-0.2, -0.15) is 0 Å². The van der Waals surface area contributed by atoms with Crippen molar-refractivity contribution >= 4 is 17.8 Å². The molecule has 0 aliphatic heterocycles. The van der Waals surface area contributed by atoms with E-state index in [1.54, 1.807) is 37.3 Å². The van der Waals surface area contributed by atoms with Crippen molar-refractivity contribution in [1.29, 1.82) is 0 Å². The predicted molar refractivity (Wildman–Crippen MR) is 77.6 cm³/mol.